The van der Waals surface area contributed by atoms with Crippen molar-refractivity contribution in [1.82, 2.24) is 5.32 Å². The molecule has 7 heteroatoms. The molecule has 0 spiro atoms. The van der Waals surface area contributed by atoms with Crippen LogP contribution in [0.3, 0.4) is 0 Å². The molecule has 0 heterocycles. The molecule has 20 heavy (non-hydrogen) atoms. The lowest BCUT2D eigenvalue weighted by Gasteiger charge is -2.20. The van der Waals surface area contributed by atoms with E-state index >= 15 is 0 Å². The minimum atomic E-state index is -0.721. The van der Waals surface area contributed by atoms with Gasteiger partial charge in [0.05, 0.1) is 17.7 Å². The van der Waals surface area contributed by atoms with Crippen LogP contribution in [0.15, 0.2) is 12.1 Å². The molecule has 0 bridgehead atoms. The molecule has 4 nitrogen and oxygen atoms in total. The van der Waals surface area contributed by atoms with Gasteiger partial charge in [0.25, 0.3) is 5.91 Å². The average molecular weight is 430 g/mol. The van der Waals surface area contributed by atoms with Crippen LogP contribution in [-0.4, -0.2) is 25.0 Å². The Labute approximate surface area is 141 Å². The normalized spacial score (nSPS) is 12.2. The van der Waals surface area contributed by atoms with Crippen molar-refractivity contribution in [3.63, 3.8) is 0 Å². The van der Waals surface area contributed by atoms with Crippen LogP contribution in [0.25, 0.3) is 0 Å². The van der Waals surface area contributed by atoms with Gasteiger partial charge in [-0.25, -0.2) is 4.79 Å². The molecule has 0 radical (unpaired) electrons. The van der Waals surface area contributed by atoms with Gasteiger partial charge in [0.15, 0.2) is 0 Å². The molecule has 0 fully saturated rings. The molecular formula is C13H14Cl2INO3. The molecule has 1 rings (SSSR count). The third kappa shape index (κ3) is 4.23. The van der Waals surface area contributed by atoms with E-state index in [0.29, 0.717) is 19.2 Å². The summed E-state index contributed by atoms with van der Waals surface area (Å²) in [4.78, 5) is 23.9. The topological polar surface area (TPSA) is 55.4 Å². The highest BCUT2D eigenvalue weighted by atomic mass is 127. The zero-order chi connectivity index (χ0) is 15.4. The van der Waals surface area contributed by atoms with Crippen molar-refractivity contribution >= 4 is 57.7 Å². The second-order valence-corrected chi connectivity index (χ2v) is 6.39. The van der Waals surface area contributed by atoms with Crippen molar-refractivity contribution in [3.8, 4) is 0 Å². The number of halogens is 3. The minimum Gasteiger partial charge on any atom is -0.467 e. The molecule has 1 unspecified atom stereocenters. The van der Waals surface area contributed by atoms with Crippen molar-refractivity contribution in [1.29, 1.82) is 0 Å². The highest BCUT2D eigenvalue weighted by Gasteiger charge is 2.26. The quantitative estimate of drug-likeness (QED) is 0.452. The Morgan fingerprint density at radius 1 is 1.30 bits per heavy atom. The Hall–Kier alpha value is -0.530. The summed E-state index contributed by atoms with van der Waals surface area (Å²) in [6.45, 7) is 3.63. The Balaban J connectivity index is 3.04. The van der Waals surface area contributed by atoms with Crippen LogP contribution in [0, 0.1) is 9.49 Å². The van der Waals surface area contributed by atoms with E-state index in [1.807, 2.05) is 36.4 Å². The summed E-state index contributed by atoms with van der Waals surface area (Å²) in [5, 5.41) is 3.40. The lowest BCUT2D eigenvalue weighted by atomic mass is 10.0. The zero-order valence-electron chi connectivity index (χ0n) is 11.2. The third-order valence-electron chi connectivity index (χ3n) is 2.65. The van der Waals surface area contributed by atoms with Crippen LogP contribution >= 0.6 is 45.8 Å². The van der Waals surface area contributed by atoms with Crippen molar-refractivity contribution in [2.75, 3.05) is 7.11 Å². The van der Waals surface area contributed by atoms with Gasteiger partial charge in [0.1, 0.15) is 6.04 Å². The molecule has 110 valence electrons. The molecule has 1 aromatic rings. The lowest BCUT2D eigenvalue weighted by molar-refractivity contribution is -0.144. The van der Waals surface area contributed by atoms with Gasteiger partial charge in [0, 0.05) is 8.59 Å². The second kappa shape index (κ2) is 7.47. The molecule has 0 aliphatic carbocycles. The van der Waals surface area contributed by atoms with Gasteiger partial charge in [-0.2, -0.15) is 0 Å². The maximum atomic E-state index is 12.3. The summed E-state index contributed by atoms with van der Waals surface area (Å²) < 4.78 is 5.26. The monoisotopic (exact) mass is 429 g/mol. The van der Waals surface area contributed by atoms with Gasteiger partial charge in [-0.1, -0.05) is 37.0 Å². The number of hydrogen-bond acceptors (Lipinski definition) is 3. The first-order valence-electron chi connectivity index (χ1n) is 5.81. The Morgan fingerprint density at radius 2 is 1.90 bits per heavy atom. The SMILES string of the molecule is COC(=O)C(NC(=O)c1cc(Cl)cc(Cl)c1I)C(C)C. The molecule has 0 aliphatic heterocycles. The number of rotatable bonds is 4. The van der Waals surface area contributed by atoms with Gasteiger partial charge in [0.2, 0.25) is 0 Å². The summed E-state index contributed by atoms with van der Waals surface area (Å²) in [7, 11) is 1.28. The maximum absolute atomic E-state index is 12.3. The largest absolute Gasteiger partial charge is 0.467 e. The van der Waals surface area contributed by atoms with Crippen molar-refractivity contribution in [3.05, 3.63) is 31.3 Å². The Morgan fingerprint density at radius 3 is 2.40 bits per heavy atom. The number of hydrogen-bond donors (Lipinski definition) is 1. The first kappa shape index (κ1) is 17.5. The maximum Gasteiger partial charge on any atom is 0.328 e. The Kier molecular flexibility index (Phi) is 6.54. The van der Waals surface area contributed by atoms with Gasteiger partial charge < -0.3 is 10.1 Å². The molecule has 1 amide bonds. The lowest BCUT2D eigenvalue weighted by Crippen LogP contribution is -2.45. The number of benzene rings is 1. The van der Waals surface area contributed by atoms with Gasteiger partial charge in [-0.3, -0.25) is 4.79 Å². The summed E-state index contributed by atoms with van der Waals surface area (Å²) >= 11 is 13.8. The summed E-state index contributed by atoms with van der Waals surface area (Å²) in [6.07, 6.45) is 0. The number of methoxy groups -OCH3 is 1. The van der Waals surface area contributed by atoms with Crippen LogP contribution < -0.4 is 5.32 Å². The van der Waals surface area contributed by atoms with E-state index in [4.69, 9.17) is 23.2 Å². The van der Waals surface area contributed by atoms with Crippen molar-refractivity contribution in [2.45, 2.75) is 19.9 Å². The smallest absolute Gasteiger partial charge is 0.328 e. The average Bonchev–Trinajstić information content (AvgIpc) is 2.38. The molecular weight excluding hydrogens is 416 g/mol. The summed E-state index contributed by atoms with van der Waals surface area (Å²) in [6, 6.07) is 2.35. The van der Waals surface area contributed by atoms with E-state index < -0.39 is 17.9 Å². The number of carbonyl (C=O) groups is 2. The van der Waals surface area contributed by atoms with E-state index in [1.54, 1.807) is 6.07 Å². The summed E-state index contributed by atoms with van der Waals surface area (Å²) in [5.74, 6) is -1.00. The number of esters is 1. The van der Waals surface area contributed by atoms with E-state index in [9.17, 15) is 9.59 Å². The predicted molar refractivity (Wildman–Crippen MR) is 87.3 cm³/mol. The van der Waals surface area contributed by atoms with Crippen LogP contribution in [0.4, 0.5) is 0 Å². The number of nitrogens with one attached hydrogen (secondary N) is 1. The standard InChI is InChI=1S/C13H14Cl2INO3/c1-6(2)11(13(19)20-3)17-12(18)8-4-7(14)5-9(15)10(8)16/h4-6,11H,1-3H3,(H,17,18). The molecule has 0 aromatic heterocycles. The minimum absolute atomic E-state index is 0.0984. The molecule has 0 saturated heterocycles. The predicted octanol–water partition coefficient (Wildman–Crippen LogP) is 3.53. The fraction of sp³-hybridized carbons (Fsp3) is 0.385. The van der Waals surface area contributed by atoms with Crippen molar-refractivity contribution in [2.24, 2.45) is 5.92 Å². The Bertz CT molecular complexity index is 535. The molecule has 0 aliphatic rings. The van der Waals surface area contributed by atoms with Crippen molar-refractivity contribution < 1.29 is 14.3 Å². The molecule has 1 atom stereocenters. The van der Waals surface area contributed by atoms with Crippen LogP contribution in [0.1, 0.15) is 24.2 Å². The van der Waals surface area contributed by atoms with E-state index in [-0.39, 0.29) is 5.92 Å². The van der Waals surface area contributed by atoms with Crippen LogP contribution in [0.2, 0.25) is 10.0 Å². The van der Waals surface area contributed by atoms with E-state index in [0.717, 1.165) is 0 Å². The first-order valence-corrected chi connectivity index (χ1v) is 7.64. The number of carbonyl (C=O) groups excluding carboxylic acids is 2. The number of amides is 1. The van der Waals surface area contributed by atoms with Gasteiger partial charge in [-0.15, -0.1) is 0 Å². The van der Waals surface area contributed by atoms with Crippen LogP contribution in [0.5, 0.6) is 0 Å². The van der Waals surface area contributed by atoms with Gasteiger partial charge in [-0.05, 0) is 40.6 Å². The molecule has 1 aromatic carbocycles. The third-order valence-corrected chi connectivity index (χ3v) is 4.64. The molecule has 0 saturated carbocycles. The summed E-state index contributed by atoms with van der Waals surface area (Å²) in [5.41, 5.74) is 0.331. The highest BCUT2D eigenvalue weighted by Crippen LogP contribution is 2.27. The first-order chi connectivity index (χ1) is 9.27. The second-order valence-electron chi connectivity index (χ2n) is 4.47. The molecule has 1 N–H and O–H groups in total. The fourth-order valence-electron chi connectivity index (χ4n) is 1.56. The zero-order valence-corrected chi connectivity index (χ0v) is 14.8. The highest BCUT2D eigenvalue weighted by molar-refractivity contribution is 14.1. The van der Waals surface area contributed by atoms with E-state index in [2.05, 4.69) is 10.1 Å². The van der Waals surface area contributed by atoms with Gasteiger partial charge >= 0.3 is 5.97 Å². The van der Waals surface area contributed by atoms with Crippen LogP contribution in [-0.2, 0) is 9.53 Å². The van der Waals surface area contributed by atoms with E-state index in [1.165, 1.54) is 13.2 Å². The number of ether oxygens (including phenoxy) is 1. The fourth-order valence-corrected chi connectivity index (χ4v) is 2.61.